The first-order valence-electron chi connectivity index (χ1n) is 3.99. The fourth-order valence-corrected chi connectivity index (χ4v) is 1.28. The number of pyridine rings is 1. The van der Waals surface area contributed by atoms with E-state index in [1.807, 2.05) is 0 Å². The van der Waals surface area contributed by atoms with Crippen LogP contribution in [0.15, 0.2) is 29.7 Å². The first kappa shape index (κ1) is 11.3. The van der Waals surface area contributed by atoms with Gasteiger partial charge in [-0.3, -0.25) is 15.1 Å². The van der Waals surface area contributed by atoms with Gasteiger partial charge >= 0.3 is 0 Å². The minimum absolute atomic E-state index is 0.403. The number of thioether (sulfide) groups is 1. The van der Waals surface area contributed by atoms with Crippen LogP contribution in [0.1, 0.15) is 0 Å². The van der Waals surface area contributed by atoms with Gasteiger partial charge in [0.25, 0.3) is 6.20 Å². The molecular weight excluding hydrogens is 216 g/mol. The van der Waals surface area contributed by atoms with Gasteiger partial charge in [-0.05, 0) is 12.3 Å². The highest BCUT2D eigenvalue weighted by Crippen LogP contribution is 2.21. The maximum absolute atomic E-state index is 10.3. The molecular formula is C8H10N4O2S. The summed E-state index contributed by atoms with van der Waals surface area (Å²) < 4.78 is 0. The summed E-state index contributed by atoms with van der Waals surface area (Å²) >= 11 is 1.23. The van der Waals surface area contributed by atoms with Crippen molar-refractivity contribution in [1.82, 2.24) is 4.98 Å². The van der Waals surface area contributed by atoms with Crippen molar-refractivity contribution in [3.05, 3.63) is 39.8 Å². The van der Waals surface area contributed by atoms with Crippen LogP contribution in [0.4, 0.5) is 11.4 Å². The number of nitrogens with two attached hydrogens (primary N) is 1. The van der Waals surface area contributed by atoms with E-state index in [2.05, 4.69) is 10.3 Å². The van der Waals surface area contributed by atoms with Gasteiger partial charge in [0.15, 0.2) is 0 Å². The average Bonchev–Trinajstić information content (AvgIpc) is 2.19. The molecule has 0 saturated heterocycles. The summed E-state index contributed by atoms with van der Waals surface area (Å²) in [6.07, 6.45) is 5.68. The zero-order valence-corrected chi connectivity index (χ0v) is 8.82. The monoisotopic (exact) mass is 226 g/mol. The third-order valence-electron chi connectivity index (χ3n) is 1.56. The molecule has 0 bridgehead atoms. The second-order valence-corrected chi connectivity index (χ2v) is 3.42. The van der Waals surface area contributed by atoms with Gasteiger partial charge in [0.05, 0.1) is 22.5 Å². The summed E-state index contributed by atoms with van der Waals surface area (Å²) in [4.78, 5) is 13.6. The van der Waals surface area contributed by atoms with E-state index in [1.165, 1.54) is 18.0 Å². The Morgan fingerprint density at radius 1 is 1.80 bits per heavy atom. The molecule has 3 N–H and O–H groups in total. The van der Waals surface area contributed by atoms with Crippen molar-refractivity contribution < 1.29 is 4.92 Å². The van der Waals surface area contributed by atoms with Crippen molar-refractivity contribution >= 4 is 23.1 Å². The molecule has 6 nitrogen and oxygen atoms in total. The quantitative estimate of drug-likeness (QED) is 0.597. The van der Waals surface area contributed by atoms with Gasteiger partial charge in [0, 0.05) is 6.20 Å². The lowest BCUT2D eigenvalue weighted by atomic mass is 10.3. The van der Waals surface area contributed by atoms with E-state index in [0.29, 0.717) is 16.4 Å². The highest BCUT2D eigenvalue weighted by molar-refractivity contribution is 8.02. The third-order valence-corrected chi connectivity index (χ3v) is 2.20. The molecule has 0 saturated carbocycles. The largest absolute Gasteiger partial charge is 0.397 e. The van der Waals surface area contributed by atoms with Gasteiger partial charge in [-0.25, -0.2) is 0 Å². The zero-order valence-electron chi connectivity index (χ0n) is 8.01. The zero-order chi connectivity index (χ0) is 11.3. The number of nitrogen functional groups attached to an aromatic ring is 1. The number of nitro groups is 1. The molecule has 0 fully saturated rings. The van der Waals surface area contributed by atoms with Gasteiger partial charge in [-0.1, -0.05) is 0 Å². The molecule has 1 heterocycles. The summed E-state index contributed by atoms with van der Waals surface area (Å²) in [5, 5.41) is 13.5. The number of anilines is 2. The predicted molar refractivity (Wildman–Crippen MR) is 60.9 cm³/mol. The van der Waals surface area contributed by atoms with Crippen molar-refractivity contribution in [3.8, 4) is 0 Å². The van der Waals surface area contributed by atoms with Crippen molar-refractivity contribution in [1.29, 1.82) is 0 Å². The Morgan fingerprint density at radius 2 is 2.53 bits per heavy atom. The maximum Gasteiger partial charge on any atom is 0.264 e. The van der Waals surface area contributed by atoms with Crippen molar-refractivity contribution in [2.75, 3.05) is 17.3 Å². The van der Waals surface area contributed by atoms with Crippen LogP contribution in [0.3, 0.4) is 0 Å². The molecule has 1 aromatic rings. The van der Waals surface area contributed by atoms with E-state index in [0.717, 1.165) is 6.20 Å². The minimum atomic E-state index is -0.522. The van der Waals surface area contributed by atoms with Gasteiger partial charge in [0.1, 0.15) is 5.03 Å². The number of rotatable bonds is 4. The molecule has 80 valence electrons. The van der Waals surface area contributed by atoms with E-state index < -0.39 is 4.92 Å². The fraction of sp³-hybridized carbons (Fsp3) is 0.125. The summed E-state index contributed by atoms with van der Waals surface area (Å²) in [5.41, 5.74) is 6.69. The Bertz CT molecular complexity index is 394. The Morgan fingerprint density at radius 3 is 3.07 bits per heavy atom. The SMILES string of the molecule is CS/C(=C\[N+](=O)[O-])Nc1cnccc1N. The average molecular weight is 226 g/mol. The van der Waals surface area contributed by atoms with Crippen LogP contribution in [0.25, 0.3) is 0 Å². The number of nitrogens with one attached hydrogen (secondary N) is 1. The number of aromatic nitrogens is 1. The Balaban J connectivity index is 2.85. The molecule has 0 unspecified atom stereocenters. The molecule has 0 aromatic carbocycles. The van der Waals surface area contributed by atoms with E-state index in [9.17, 15) is 10.1 Å². The first-order chi connectivity index (χ1) is 7.13. The Hall–Kier alpha value is -1.76. The molecule has 0 radical (unpaired) electrons. The van der Waals surface area contributed by atoms with E-state index >= 15 is 0 Å². The maximum atomic E-state index is 10.3. The van der Waals surface area contributed by atoms with Crippen LogP contribution in [0, 0.1) is 10.1 Å². The lowest BCUT2D eigenvalue weighted by molar-refractivity contribution is -0.402. The summed E-state index contributed by atoms with van der Waals surface area (Å²) in [6, 6.07) is 1.62. The Kier molecular flexibility index (Phi) is 3.92. The number of hydrogen-bond donors (Lipinski definition) is 2. The van der Waals surface area contributed by atoms with Crippen LogP contribution in [-0.2, 0) is 0 Å². The normalized spacial score (nSPS) is 11.1. The molecule has 0 atom stereocenters. The van der Waals surface area contributed by atoms with Gasteiger partial charge in [0.2, 0.25) is 0 Å². The van der Waals surface area contributed by atoms with Crippen LogP contribution in [0.2, 0.25) is 0 Å². The van der Waals surface area contributed by atoms with Crippen LogP contribution in [0.5, 0.6) is 0 Å². The fourth-order valence-electron chi connectivity index (χ4n) is 0.874. The first-order valence-corrected chi connectivity index (χ1v) is 5.21. The lowest BCUT2D eigenvalue weighted by Gasteiger charge is -2.07. The second-order valence-electron chi connectivity index (χ2n) is 2.57. The highest BCUT2D eigenvalue weighted by Gasteiger charge is 2.04. The smallest absolute Gasteiger partial charge is 0.264 e. The van der Waals surface area contributed by atoms with Crippen molar-refractivity contribution in [2.24, 2.45) is 0 Å². The molecule has 0 aliphatic heterocycles. The molecule has 0 spiro atoms. The van der Waals surface area contributed by atoms with Crippen molar-refractivity contribution in [2.45, 2.75) is 0 Å². The van der Waals surface area contributed by atoms with E-state index in [-0.39, 0.29) is 0 Å². The van der Waals surface area contributed by atoms with Crippen molar-refractivity contribution in [3.63, 3.8) is 0 Å². The third kappa shape index (κ3) is 3.47. The lowest BCUT2D eigenvalue weighted by Crippen LogP contribution is -2.02. The highest BCUT2D eigenvalue weighted by atomic mass is 32.2. The van der Waals surface area contributed by atoms with Crippen LogP contribution in [-0.4, -0.2) is 16.2 Å². The molecule has 7 heteroatoms. The summed E-state index contributed by atoms with van der Waals surface area (Å²) in [7, 11) is 0. The molecule has 1 rings (SSSR count). The number of nitrogens with zero attached hydrogens (tertiary/aromatic N) is 2. The van der Waals surface area contributed by atoms with Crippen LogP contribution >= 0.6 is 11.8 Å². The Labute approximate surface area is 90.7 Å². The molecule has 0 amide bonds. The summed E-state index contributed by atoms with van der Waals surface area (Å²) in [6.45, 7) is 0. The second kappa shape index (κ2) is 5.20. The van der Waals surface area contributed by atoms with Gasteiger partial charge in [-0.2, -0.15) is 0 Å². The van der Waals surface area contributed by atoms with Crippen LogP contribution < -0.4 is 11.1 Å². The molecule has 0 aliphatic rings. The van der Waals surface area contributed by atoms with Gasteiger partial charge in [-0.15, -0.1) is 11.8 Å². The molecule has 1 aromatic heterocycles. The van der Waals surface area contributed by atoms with E-state index in [4.69, 9.17) is 5.73 Å². The standard InChI is InChI=1S/C8H10N4O2S/c1-15-8(5-12(13)14)11-7-4-10-3-2-6(7)9/h2-5,11H,1H3,(H2,9,10)/b8-5-. The molecule has 15 heavy (non-hydrogen) atoms. The minimum Gasteiger partial charge on any atom is -0.397 e. The number of hydrogen-bond acceptors (Lipinski definition) is 6. The van der Waals surface area contributed by atoms with Gasteiger partial charge < -0.3 is 11.1 Å². The summed E-state index contributed by atoms with van der Waals surface area (Å²) in [5.74, 6) is 0. The topological polar surface area (TPSA) is 94.1 Å². The predicted octanol–water partition coefficient (Wildman–Crippen LogP) is 1.51. The molecule has 0 aliphatic carbocycles. The van der Waals surface area contributed by atoms with E-state index in [1.54, 1.807) is 18.5 Å².